The molecule has 0 amide bonds. The van der Waals surface area contributed by atoms with Gasteiger partial charge in [0, 0.05) is 28.5 Å². The molecule has 1 saturated carbocycles. The Bertz CT molecular complexity index is 676. The minimum atomic E-state index is -0.235. The van der Waals surface area contributed by atoms with Gasteiger partial charge in [-0.15, -0.1) is 0 Å². The Balaban J connectivity index is 1.84. The van der Waals surface area contributed by atoms with Crippen molar-refractivity contribution in [2.75, 3.05) is 0 Å². The molecule has 1 saturated heterocycles. The van der Waals surface area contributed by atoms with Crippen LogP contribution in [0.25, 0.3) is 6.08 Å². The summed E-state index contributed by atoms with van der Waals surface area (Å²) < 4.78 is 9.02. The van der Waals surface area contributed by atoms with E-state index in [4.69, 9.17) is 4.74 Å². The highest BCUT2D eigenvalue weighted by atomic mass is 79.9. The maximum atomic E-state index is 6.88. The molecule has 4 rings (SSSR count). The van der Waals surface area contributed by atoms with Gasteiger partial charge < -0.3 is 4.74 Å². The fourth-order valence-electron chi connectivity index (χ4n) is 4.97. The molecule has 130 valence electrons. The van der Waals surface area contributed by atoms with E-state index < -0.39 is 0 Å². The van der Waals surface area contributed by atoms with Crippen molar-refractivity contribution in [1.82, 2.24) is 4.90 Å². The van der Waals surface area contributed by atoms with Gasteiger partial charge in [0.25, 0.3) is 0 Å². The van der Waals surface area contributed by atoms with Gasteiger partial charge in [0.2, 0.25) is 0 Å². The summed E-state index contributed by atoms with van der Waals surface area (Å²) in [6.07, 6.45) is 11.1. The summed E-state index contributed by atoms with van der Waals surface area (Å²) >= 11 is 7.34. The number of likely N-dealkylation sites (tertiary alicyclic amines) is 1. The highest BCUT2D eigenvalue weighted by Gasteiger charge is 2.50. The number of rotatable bonds is 1. The SMILES string of the molecule is CC1CCCC(C)N1C12CCCCC1=Cc1cc(Br)cc(Br)c1O2. The van der Waals surface area contributed by atoms with Crippen LogP contribution in [0.5, 0.6) is 5.75 Å². The van der Waals surface area contributed by atoms with Gasteiger partial charge in [-0.1, -0.05) is 22.4 Å². The van der Waals surface area contributed by atoms with E-state index in [0.29, 0.717) is 12.1 Å². The largest absolute Gasteiger partial charge is 0.467 e. The second kappa shape index (κ2) is 6.44. The Morgan fingerprint density at radius 3 is 2.58 bits per heavy atom. The molecule has 1 aromatic carbocycles. The molecule has 0 spiro atoms. The summed E-state index contributed by atoms with van der Waals surface area (Å²) in [5.41, 5.74) is 2.44. The van der Waals surface area contributed by atoms with E-state index >= 15 is 0 Å². The molecule has 3 atom stereocenters. The van der Waals surface area contributed by atoms with Gasteiger partial charge in [-0.2, -0.15) is 0 Å². The summed E-state index contributed by atoms with van der Waals surface area (Å²) in [5.74, 6) is 1.01. The number of hydrogen-bond acceptors (Lipinski definition) is 2. The predicted molar refractivity (Wildman–Crippen MR) is 106 cm³/mol. The average Bonchev–Trinajstić information content (AvgIpc) is 2.53. The molecule has 2 aliphatic heterocycles. The topological polar surface area (TPSA) is 12.5 Å². The Morgan fingerprint density at radius 2 is 1.83 bits per heavy atom. The molecule has 4 heteroatoms. The van der Waals surface area contributed by atoms with Crippen LogP contribution in [0.15, 0.2) is 26.7 Å². The number of ether oxygens (including phenoxy) is 1. The molecule has 2 heterocycles. The van der Waals surface area contributed by atoms with E-state index in [0.717, 1.165) is 27.5 Å². The zero-order chi connectivity index (χ0) is 16.9. The molecule has 0 bridgehead atoms. The molecule has 0 radical (unpaired) electrons. The standard InChI is InChI=1S/C20H25Br2NO/c1-13-6-5-7-14(2)23(13)20-9-4-3-8-16(20)10-15-11-17(21)12-18(22)19(15)24-20/h10-14H,3-9H2,1-2H3. The lowest BCUT2D eigenvalue weighted by atomic mass is 9.79. The van der Waals surface area contributed by atoms with Crippen LogP contribution in [0.3, 0.4) is 0 Å². The Hall–Kier alpha value is -0.320. The van der Waals surface area contributed by atoms with Crippen molar-refractivity contribution in [1.29, 1.82) is 0 Å². The van der Waals surface area contributed by atoms with Crippen molar-refractivity contribution in [3.8, 4) is 5.75 Å². The van der Waals surface area contributed by atoms with Crippen molar-refractivity contribution >= 4 is 37.9 Å². The number of halogens is 2. The Kier molecular flexibility index (Phi) is 4.59. The lowest BCUT2D eigenvalue weighted by molar-refractivity contribution is -0.126. The minimum Gasteiger partial charge on any atom is -0.467 e. The van der Waals surface area contributed by atoms with Crippen LogP contribution >= 0.6 is 31.9 Å². The van der Waals surface area contributed by atoms with Crippen LogP contribution < -0.4 is 4.74 Å². The van der Waals surface area contributed by atoms with Gasteiger partial charge >= 0.3 is 0 Å². The highest BCUT2D eigenvalue weighted by Crippen LogP contribution is 2.50. The van der Waals surface area contributed by atoms with Gasteiger partial charge in [-0.05, 0) is 85.7 Å². The van der Waals surface area contributed by atoms with E-state index in [1.807, 2.05) is 0 Å². The third-order valence-electron chi connectivity index (χ3n) is 5.96. The molecule has 24 heavy (non-hydrogen) atoms. The summed E-state index contributed by atoms with van der Waals surface area (Å²) in [7, 11) is 0. The van der Waals surface area contributed by atoms with Crippen molar-refractivity contribution in [2.24, 2.45) is 0 Å². The van der Waals surface area contributed by atoms with Gasteiger partial charge in [0.05, 0.1) is 4.47 Å². The van der Waals surface area contributed by atoms with Crippen LogP contribution in [-0.2, 0) is 0 Å². The molecule has 1 aromatic rings. The van der Waals surface area contributed by atoms with E-state index in [9.17, 15) is 0 Å². The number of hydrogen-bond donors (Lipinski definition) is 0. The van der Waals surface area contributed by atoms with E-state index in [-0.39, 0.29) is 5.72 Å². The van der Waals surface area contributed by atoms with Crippen molar-refractivity contribution in [3.63, 3.8) is 0 Å². The summed E-state index contributed by atoms with van der Waals surface area (Å²) in [6, 6.07) is 5.42. The van der Waals surface area contributed by atoms with Crippen LogP contribution in [0.2, 0.25) is 0 Å². The fraction of sp³-hybridized carbons (Fsp3) is 0.600. The van der Waals surface area contributed by atoms with Gasteiger partial charge in [0.1, 0.15) is 5.75 Å². The fourth-order valence-corrected chi connectivity index (χ4v) is 6.31. The zero-order valence-corrected chi connectivity index (χ0v) is 17.6. The molecular weight excluding hydrogens is 430 g/mol. The van der Waals surface area contributed by atoms with Crippen LogP contribution in [0.1, 0.15) is 64.4 Å². The molecular formula is C20H25Br2NO. The predicted octanol–water partition coefficient (Wildman–Crippen LogP) is 6.52. The number of nitrogens with zero attached hydrogens (tertiary/aromatic N) is 1. The summed E-state index contributed by atoms with van der Waals surface area (Å²) in [4.78, 5) is 2.69. The minimum absolute atomic E-state index is 0.235. The maximum Gasteiger partial charge on any atom is 0.186 e. The van der Waals surface area contributed by atoms with E-state index in [2.05, 4.69) is 68.8 Å². The van der Waals surface area contributed by atoms with Gasteiger partial charge in [-0.25, -0.2) is 0 Å². The van der Waals surface area contributed by atoms with Gasteiger partial charge in [0.15, 0.2) is 5.72 Å². The lowest BCUT2D eigenvalue weighted by Crippen LogP contribution is -2.63. The average molecular weight is 455 g/mol. The zero-order valence-electron chi connectivity index (χ0n) is 14.4. The maximum absolute atomic E-state index is 6.88. The normalized spacial score (nSPS) is 33.2. The third-order valence-corrected chi connectivity index (χ3v) is 7.01. The second-order valence-electron chi connectivity index (χ2n) is 7.61. The highest BCUT2D eigenvalue weighted by molar-refractivity contribution is 9.11. The van der Waals surface area contributed by atoms with Crippen molar-refractivity contribution < 1.29 is 4.74 Å². The quantitative estimate of drug-likeness (QED) is 0.478. The number of piperidine rings is 1. The van der Waals surface area contributed by atoms with Crippen LogP contribution in [-0.4, -0.2) is 22.7 Å². The first kappa shape index (κ1) is 17.1. The Morgan fingerprint density at radius 1 is 1.08 bits per heavy atom. The molecule has 3 unspecified atom stereocenters. The third kappa shape index (κ3) is 2.69. The smallest absolute Gasteiger partial charge is 0.186 e. The van der Waals surface area contributed by atoms with Crippen molar-refractivity contribution in [2.45, 2.75) is 76.6 Å². The number of benzene rings is 1. The molecule has 2 nitrogen and oxygen atoms in total. The van der Waals surface area contributed by atoms with Gasteiger partial charge in [-0.3, -0.25) is 4.90 Å². The van der Waals surface area contributed by atoms with Crippen molar-refractivity contribution in [3.05, 3.63) is 32.2 Å². The van der Waals surface area contributed by atoms with Crippen LogP contribution in [0.4, 0.5) is 0 Å². The molecule has 3 aliphatic rings. The number of fused-ring (bicyclic) bond motifs is 2. The van der Waals surface area contributed by atoms with E-state index in [1.54, 1.807) is 0 Å². The monoisotopic (exact) mass is 453 g/mol. The first-order valence-corrected chi connectivity index (χ1v) is 10.8. The molecule has 2 fully saturated rings. The first-order chi connectivity index (χ1) is 11.5. The van der Waals surface area contributed by atoms with E-state index in [1.165, 1.54) is 43.2 Å². The summed E-state index contributed by atoms with van der Waals surface area (Å²) in [5, 5.41) is 0. The Labute approximate surface area is 161 Å². The molecule has 1 aliphatic carbocycles. The summed E-state index contributed by atoms with van der Waals surface area (Å²) in [6.45, 7) is 4.76. The van der Waals surface area contributed by atoms with Crippen LogP contribution in [0, 0.1) is 0 Å². The second-order valence-corrected chi connectivity index (χ2v) is 9.38. The molecule has 0 aromatic heterocycles. The molecule has 0 N–H and O–H groups in total. The first-order valence-electron chi connectivity index (χ1n) is 9.19. The lowest BCUT2D eigenvalue weighted by Gasteiger charge is -2.55.